The molecule has 2 aromatic carbocycles. The first-order chi connectivity index (χ1) is 14.5. The summed E-state index contributed by atoms with van der Waals surface area (Å²) < 4.78 is 46.9. The first-order valence-electron chi connectivity index (χ1n) is 10.5. The fraction of sp³-hybridized carbons (Fsp3) is 0.440. The Morgan fingerprint density at radius 2 is 1.65 bits per heavy atom. The van der Waals surface area contributed by atoms with Crippen molar-refractivity contribution in [2.75, 3.05) is 0 Å². The second-order valence-electron chi connectivity index (χ2n) is 8.47. The molecule has 0 saturated carbocycles. The number of nitrogens with zero attached hydrogens (tertiary/aromatic N) is 1. The van der Waals surface area contributed by atoms with E-state index in [0.29, 0.717) is 18.2 Å². The molecule has 6 heteroatoms. The minimum atomic E-state index is -1.26. The van der Waals surface area contributed by atoms with E-state index >= 15 is 0 Å². The molecule has 0 aliphatic rings. The summed E-state index contributed by atoms with van der Waals surface area (Å²) in [5, 5.41) is 0. The lowest BCUT2D eigenvalue weighted by Gasteiger charge is -2.29. The van der Waals surface area contributed by atoms with Crippen LogP contribution in [0.3, 0.4) is 0 Å². The third kappa shape index (κ3) is 6.94. The van der Waals surface area contributed by atoms with Crippen LogP contribution in [0.5, 0.6) is 0 Å². The van der Waals surface area contributed by atoms with Gasteiger partial charge in [-0.2, -0.15) is 0 Å². The lowest BCUT2D eigenvalue weighted by molar-refractivity contribution is -0.158. The number of benzene rings is 2. The van der Waals surface area contributed by atoms with Crippen LogP contribution in [0.25, 0.3) is 0 Å². The average molecular weight is 434 g/mol. The van der Waals surface area contributed by atoms with Gasteiger partial charge in [0.15, 0.2) is 11.6 Å². The molecule has 0 bridgehead atoms. The standard InChI is InChI=1S/C25H30F3NO2/c1-6-23(17-10-8-7-9-11-17)29-19(14-24(30)31-25(4,5)16(2)3)12-18-13-21(27)22(28)15-20(18)26/h7-11,13,15-16,23H,6,12,14H2,1-5H3. The summed E-state index contributed by atoms with van der Waals surface area (Å²) in [6.45, 7) is 9.49. The van der Waals surface area contributed by atoms with Gasteiger partial charge in [0.1, 0.15) is 11.4 Å². The number of aliphatic imine (C=N–C) groups is 1. The van der Waals surface area contributed by atoms with Crippen molar-refractivity contribution in [1.29, 1.82) is 0 Å². The number of hydrogen-bond acceptors (Lipinski definition) is 3. The van der Waals surface area contributed by atoms with Gasteiger partial charge in [-0.3, -0.25) is 9.79 Å². The smallest absolute Gasteiger partial charge is 0.312 e. The Morgan fingerprint density at radius 3 is 2.23 bits per heavy atom. The Hall–Kier alpha value is -2.63. The highest BCUT2D eigenvalue weighted by atomic mass is 19.2. The molecular weight excluding hydrogens is 403 g/mol. The van der Waals surface area contributed by atoms with Gasteiger partial charge in [0.25, 0.3) is 0 Å². The summed E-state index contributed by atoms with van der Waals surface area (Å²) in [5.74, 6) is -3.69. The molecule has 0 aliphatic carbocycles. The molecule has 0 spiro atoms. The zero-order chi connectivity index (χ0) is 23.2. The first kappa shape index (κ1) is 24.6. The van der Waals surface area contributed by atoms with E-state index in [0.717, 1.165) is 11.6 Å². The lowest BCUT2D eigenvalue weighted by atomic mass is 9.94. The molecule has 0 radical (unpaired) electrons. The third-order valence-electron chi connectivity index (χ3n) is 5.51. The highest BCUT2D eigenvalue weighted by Crippen LogP contribution is 2.25. The minimum absolute atomic E-state index is 0.0588. The Kier molecular flexibility index (Phi) is 8.43. The molecule has 1 unspecified atom stereocenters. The van der Waals surface area contributed by atoms with Crippen molar-refractivity contribution in [3.63, 3.8) is 0 Å². The second-order valence-corrected chi connectivity index (χ2v) is 8.47. The second kappa shape index (κ2) is 10.6. The SMILES string of the molecule is CCC(N=C(CC(=O)OC(C)(C)C(C)C)Cc1cc(F)c(F)cc1F)c1ccccc1. The van der Waals surface area contributed by atoms with Crippen LogP contribution in [-0.4, -0.2) is 17.3 Å². The van der Waals surface area contributed by atoms with E-state index in [-0.39, 0.29) is 30.4 Å². The summed E-state index contributed by atoms with van der Waals surface area (Å²) >= 11 is 0. The molecule has 2 aromatic rings. The average Bonchev–Trinajstić information content (AvgIpc) is 2.70. The zero-order valence-electron chi connectivity index (χ0n) is 18.7. The summed E-state index contributed by atoms with van der Waals surface area (Å²) in [5.41, 5.74) is 0.560. The summed E-state index contributed by atoms with van der Waals surface area (Å²) in [7, 11) is 0. The molecule has 0 heterocycles. The van der Waals surface area contributed by atoms with Crippen LogP contribution < -0.4 is 0 Å². The van der Waals surface area contributed by atoms with Crippen LogP contribution in [0.15, 0.2) is 47.5 Å². The fourth-order valence-electron chi connectivity index (χ4n) is 2.98. The van der Waals surface area contributed by atoms with Gasteiger partial charge in [-0.15, -0.1) is 0 Å². The van der Waals surface area contributed by atoms with E-state index in [1.54, 1.807) is 0 Å². The Morgan fingerprint density at radius 1 is 1.03 bits per heavy atom. The number of halogens is 3. The lowest BCUT2D eigenvalue weighted by Crippen LogP contribution is -2.34. The van der Waals surface area contributed by atoms with Crippen molar-refractivity contribution in [3.05, 3.63) is 71.0 Å². The normalized spacial score (nSPS) is 13.4. The zero-order valence-corrected chi connectivity index (χ0v) is 18.7. The maximum atomic E-state index is 14.3. The predicted molar refractivity (Wildman–Crippen MR) is 117 cm³/mol. The topological polar surface area (TPSA) is 38.7 Å². The quantitative estimate of drug-likeness (QED) is 0.254. The van der Waals surface area contributed by atoms with Gasteiger partial charge in [-0.1, -0.05) is 51.1 Å². The van der Waals surface area contributed by atoms with Gasteiger partial charge in [-0.25, -0.2) is 13.2 Å². The monoisotopic (exact) mass is 433 g/mol. The molecule has 0 aromatic heterocycles. The molecule has 0 fully saturated rings. The summed E-state index contributed by atoms with van der Waals surface area (Å²) in [6.07, 6.45) is 0.363. The molecule has 1 atom stereocenters. The van der Waals surface area contributed by atoms with Crippen molar-refractivity contribution >= 4 is 11.7 Å². The third-order valence-corrected chi connectivity index (χ3v) is 5.51. The molecule has 0 saturated heterocycles. The van der Waals surface area contributed by atoms with E-state index in [1.807, 2.05) is 65.0 Å². The van der Waals surface area contributed by atoms with E-state index in [1.165, 1.54) is 0 Å². The largest absolute Gasteiger partial charge is 0.459 e. The molecule has 3 nitrogen and oxygen atoms in total. The van der Waals surface area contributed by atoms with Crippen LogP contribution in [0, 0.1) is 23.4 Å². The van der Waals surface area contributed by atoms with Crippen LogP contribution in [0.4, 0.5) is 13.2 Å². The van der Waals surface area contributed by atoms with E-state index < -0.39 is 29.0 Å². The molecule has 0 amide bonds. The number of rotatable bonds is 9. The van der Waals surface area contributed by atoms with E-state index in [2.05, 4.69) is 0 Å². The molecule has 0 N–H and O–H groups in total. The summed E-state index contributed by atoms with van der Waals surface area (Å²) in [6, 6.07) is 10.6. The van der Waals surface area contributed by atoms with Gasteiger partial charge in [0, 0.05) is 18.2 Å². The van der Waals surface area contributed by atoms with Gasteiger partial charge in [0.05, 0.1) is 12.5 Å². The van der Waals surface area contributed by atoms with Gasteiger partial charge in [0.2, 0.25) is 0 Å². The predicted octanol–water partition coefficient (Wildman–Crippen LogP) is 6.61. The maximum Gasteiger partial charge on any atom is 0.312 e. The molecule has 2 rings (SSSR count). The van der Waals surface area contributed by atoms with Crippen molar-refractivity contribution in [1.82, 2.24) is 0 Å². The van der Waals surface area contributed by atoms with Crippen molar-refractivity contribution in [2.24, 2.45) is 10.9 Å². The van der Waals surface area contributed by atoms with Crippen LogP contribution >= 0.6 is 0 Å². The number of ether oxygens (including phenoxy) is 1. The van der Waals surface area contributed by atoms with Gasteiger partial charge in [-0.05, 0) is 43.4 Å². The minimum Gasteiger partial charge on any atom is -0.459 e. The first-order valence-corrected chi connectivity index (χ1v) is 10.5. The molecular formula is C25H30F3NO2. The maximum absolute atomic E-state index is 14.3. The van der Waals surface area contributed by atoms with Crippen LogP contribution in [-0.2, 0) is 16.0 Å². The molecule has 168 valence electrons. The van der Waals surface area contributed by atoms with Gasteiger partial charge >= 0.3 is 5.97 Å². The van der Waals surface area contributed by atoms with Crippen molar-refractivity contribution in [3.8, 4) is 0 Å². The highest BCUT2D eigenvalue weighted by Gasteiger charge is 2.28. The Bertz CT molecular complexity index is 924. The Balaban J connectivity index is 2.37. The van der Waals surface area contributed by atoms with Crippen molar-refractivity contribution < 1.29 is 22.7 Å². The van der Waals surface area contributed by atoms with Crippen molar-refractivity contribution in [2.45, 2.75) is 65.5 Å². The fourth-order valence-corrected chi connectivity index (χ4v) is 2.98. The number of carbonyl (C=O) groups is 1. The number of carbonyl (C=O) groups excluding carboxylic acids is 1. The number of hydrogen-bond donors (Lipinski definition) is 0. The van der Waals surface area contributed by atoms with Crippen LogP contribution in [0.1, 0.15) is 64.6 Å². The van der Waals surface area contributed by atoms with E-state index in [9.17, 15) is 18.0 Å². The van der Waals surface area contributed by atoms with E-state index in [4.69, 9.17) is 9.73 Å². The highest BCUT2D eigenvalue weighted by molar-refractivity contribution is 6.00. The molecule has 31 heavy (non-hydrogen) atoms. The van der Waals surface area contributed by atoms with Crippen LogP contribution in [0.2, 0.25) is 0 Å². The Labute approximate surface area is 182 Å². The summed E-state index contributed by atoms with van der Waals surface area (Å²) in [4.78, 5) is 17.3. The van der Waals surface area contributed by atoms with Gasteiger partial charge < -0.3 is 4.74 Å². The number of esters is 1. The molecule has 0 aliphatic heterocycles.